The second-order valence-electron chi connectivity index (χ2n) is 4.68. The van der Waals surface area contributed by atoms with Crippen LogP contribution >= 0.6 is 0 Å². The molecule has 0 radical (unpaired) electrons. The number of furan rings is 1. The van der Waals surface area contributed by atoms with E-state index in [0.29, 0.717) is 13.1 Å². The van der Waals surface area contributed by atoms with Crippen LogP contribution in [0, 0.1) is 0 Å². The highest BCUT2D eigenvalue weighted by atomic mass is 16.3. The van der Waals surface area contributed by atoms with Gasteiger partial charge in [0.15, 0.2) is 0 Å². The third-order valence-electron chi connectivity index (χ3n) is 2.91. The van der Waals surface area contributed by atoms with Crippen LogP contribution < -0.4 is 15.5 Å². The molecule has 1 aromatic heterocycles. The van der Waals surface area contributed by atoms with Gasteiger partial charge in [0.05, 0.1) is 12.8 Å². The third kappa shape index (κ3) is 4.05. The first-order valence-electron chi connectivity index (χ1n) is 6.45. The van der Waals surface area contributed by atoms with E-state index >= 15 is 0 Å². The fourth-order valence-corrected chi connectivity index (χ4v) is 1.74. The van der Waals surface area contributed by atoms with E-state index in [9.17, 15) is 4.79 Å². The predicted molar refractivity (Wildman–Crippen MR) is 78.6 cm³/mol. The number of hydrogen-bond acceptors (Lipinski definition) is 3. The van der Waals surface area contributed by atoms with Gasteiger partial charge >= 0.3 is 6.03 Å². The summed E-state index contributed by atoms with van der Waals surface area (Å²) in [5, 5.41) is 5.54. The summed E-state index contributed by atoms with van der Waals surface area (Å²) < 4.78 is 5.14. The molecule has 0 saturated carbocycles. The van der Waals surface area contributed by atoms with E-state index in [1.54, 1.807) is 12.3 Å². The quantitative estimate of drug-likeness (QED) is 0.879. The Morgan fingerprint density at radius 1 is 1.10 bits per heavy atom. The first-order valence-corrected chi connectivity index (χ1v) is 6.45. The van der Waals surface area contributed by atoms with E-state index in [4.69, 9.17) is 4.42 Å². The van der Waals surface area contributed by atoms with Crippen LogP contribution in [0.2, 0.25) is 0 Å². The summed E-state index contributed by atoms with van der Waals surface area (Å²) in [5.74, 6) is 0.732. The Morgan fingerprint density at radius 3 is 2.40 bits per heavy atom. The minimum absolute atomic E-state index is 0.210. The van der Waals surface area contributed by atoms with Crippen LogP contribution in [0.4, 0.5) is 10.5 Å². The molecule has 0 aliphatic rings. The van der Waals surface area contributed by atoms with Crippen LogP contribution in [-0.4, -0.2) is 20.1 Å². The van der Waals surface area contributed by atoms with Crippen molar-refractivity contribution in [2.24, 2.45) is 0 Å². The molecule has 20 heavy (non-hydrogen) atoms. The molecule has 1 aromatic carbocycles. The highest BCUT2D eigenvalue weighted by Crippen LogP contribution is 2.11. The SMILES string of the molecule is CN(C)c1ccc(CNC(=O)NCc2ccco2)cc1. The van der Waals surface area contributed by atoms with Crippen molar-refractivity contribution in [3.05, 3.63) is 54.0 Å². The van der Waals surface area contributed by atoms with Gasteiger partial charge in [0, 0.05) is 26.3 Å². The number of rotatable bonds is 5. The number of amides is 2. The molecule has 2 aromatic rings. The summed E-state index contributed by atoms with van der Waals surface area (Å²) in [6.07, 6.45) is 1.58. The van der Waals surface area contributed by atoms with E-state index in [2.05, 4.69) is 10.6 Å². The molecule has 5 nitrogen and oxygen atoms in total. The van der Waals surface area contributed by atoms with Crippen LogP contribution in [0.25, 0.3) is 0 Å². The van der Waals surface area contributed by atoms with Crippen LogP contribution in [0.5, 0.6) is 0 Å². The molecule has 5 heteroatoms. The number of hydrogen-bond donors (Lipinski definition) is 2. The number of nitrogens with one attached hydrogen (secondary N) is 2. The van der Waals surface area contributed by atoms with Crippen LogP contribution in [-0.2, 0) is 13.1 Å². The Labute approximate surface area is 118 Å². The van der Waals surface area contributed by atoms with Crippen molar-refractivity contribution in [2.45, 2.75) is 13.1 Å². The predicted octanol–water partition coefficient (Wildman–Crippen LogP) is 2.34. The van der Waals surface area contributed by atoms with Crippen molar-refractivity contribution in [1.29, 1.82) is 0 Å². The smallest absolute Gasteiger partial charge is 0.315 e. The Kier molecular flexibility index (Phi) is 4.65. The van der Waals surface area contributed by atoms with Gasteiger partial charge in [-0.25, -0.2) is 4.79 Å². The summed E-state index contributed by atoms with van der Waals surface area (Å²) in [6, 6.07) is 11.5. The molecule has 0 fully saturated rings. The van der Waals surface area contributed by atoms with Crippen molar-refractivity contribution in [1.82, 2.24) is 10.6 Å². The summed E-state index contributed by atoms with van der Waals surface area (Å²) >= 11 is 0. The van der Waals surface area contributed by atoms with Crippen molar-refractivity contribution in [2.75, 3.05) is 19.0 Å². The molecular weight excluding hydrogens is 254 g/mol. The van der Waals surface area contributed by atoms with Crippen molar-refractivity contribution in [3.63, 3.8) is 0 Å². The molecule has 0 aliphatic carbocycles. The molecule has 0 saturated heterocycles. The molecule has 0 atom stereocenters. The minimum Gasteiger partial charge on any atom is -0.467 e. The standard InChI is InChI=1S/C15H19N3O2/c1-18(2)13-7-5-12(6-8-13)10-16-15(19)17-11-14-4-3-9-20-14/h3-9H,10-11H2,1-2H3,(H2,16,17,19). The van der Waals surface area contributed by atoms with E-state index in [0.717, 1.165) is 17.0 Å². The van der Waals surface area contributed by atoms with E-state index in [-0.39, 0.29) is 6.03 Å². The zero-order valence-electron chi connectivity index (χ0n) is 11.7. The summed E-state index contributed by atoms with van der Waals surface area (Å²) in [4.78, 5) is 13.6. The first kappa shape index (κ1) is 14.0. The lowest BCUT2D eigenvalue weighted by molar-refractivity contribution is 0.239. The second-order valence-corrected chi connectivity index (χ2v) is 4.68. The van der Waals surface area contributed by atoms with Crippen LogP contribution in [0.15, 0.2) is 47.1 Å². The lowest BCUT2D eigenvalue weighted by atomic mass is 10.2. The zero-order valence-corrected chi connectivity index (χ0v) is 11.7. The number of carbonyl (C=O) groups excluding carboxylic acids is 1. The van der Waals surface area contributed by atoms with Gasteiger partial charge in [-0.3, -0.25) is 0 Å². The summed E-state index contributed by atoms with van der Waals surface area (Å²) in [7, 11) is 3.99. The molecule has 0 bridgehead atoms. The fraction of sp³-hybridized carbons (Fsp3) is 0.267. The van der Waals surface area contributed by atoms with Crippen LogP contribution in [0.1, 0.15) is 11.3 Å². The number of nitrogens with zero attached hydrogens (tertiary/aromatic N) is 1. The van der Waals surface area contributed by atoms with E-state index < -0.39 is 0 Å². The van der Waals surface area contributed by atoms with Gasteiger partial charge in [0.1, 0.15) is 5.76 Å². The highest BCUT2D eigenvalue weighted by molar-refractivity contribution is 5.73. The molecule has 106 valence electrons. The Bertz CT molecular complexity index is 533. The summed E-state index contributed by atoms with van der Waals surface area (Å²) in [5.41, 5.74) is 2.19. The van der Waals surface area contributed by atoms with Gasteiger partial charge in [-0.15, -0.1) is 0 Å². The summed E-state index contributed by atoms with van der Waals surface area (Å²) in [6.45, 7) is 0.885. The maximum atomic E-state index is 11.6. The van der Waals surface area contributed by atoms with E-state index in [1.807, 2.05) is 49.3 Å². The number of anilines is 1. The molecule has 2 amide bonds. The largest absolute Gasteiger partial charge is 0.467 e. The van der Waals surface area contributed by atoms with Gasteiger partial charge < -0.3 is 20.0 Å². The normalized spacial score (nSPS) is 10.1. The molecular formula is C15H19N3O2. The van der Waals surface area contributed by atoms with Gasteiger partial charge in [-0.1, -0.05) is 12.1 Å². The maximum absolute atomic E-state index is 11.6. The van der Waals surface area contributed by atoms with E-state index in [1.165, 1.54) is 0 Å². The lowest BCUT2D eigenvalue weighted by Crippen LogP contribution is -2.34. The topological polar surface area (TPSA) is 57.5 Å². The number of urea groups is 1. The monoisotopic (exact) mass is 273 g/mol. The number of carbonyl (C=O) groups is 1. The Balaban J connectivity index is 1.75. The van der Waals surface area contributed by atoms with Crippen molar-refractivity contribution >= 4 is 11.7 Å². The minimum atomic E-state index is -0.210. The molecule has 0 spiro atoms. The molecule has 2 N–H and O–H groups in total. The third-order valence-corrected chi connectivity index (χ3v) is 2.91. The molecule has 0 aliphatic heterocycles. The zero-order chi connectivity index (χ0) is 14.4. The fourth-order valence-electron chi connectivity index (χ4n) is 1.74. The maximum Gasteiger partial charge on any atom is 0.315 e. The average molecular weight is 273 g/mol. The van der Waals surface area contributed by atoms with Gasteiger partial charge in [-0.2, -0.15) is 0 Å². The molecule has 2 rings (SSSR count). The Hall–Kier alpha value is -2.43. The van der Waals surface area contributed by atoms with Crippen molar-refractivity contribution < 1.29 is 9.21 Å². The van der Waals surface area contributed by atoms with Crippen molar-refractivity contribution in [3.8, 4) is 0 Å². The highest BCUT2D eigenvalue weighted by Gasteiger charge is 2.02. The average Bonchev–Trinajstić information content (AvgIpc) is 2.96. The van der Waals surface area contributed by atoms with Gasteiger partial charge in [0.25, 0.3) is 0 Å². The Morgan fingerprint density at radius 2 is 1.80 bits per heavy atom. The lowest BCUT2D eigenvalue weighted by Gasteiger charge is -2.13. The first-order chi connectivity index (χ1) is 9.65. The molecule has 0 unspecified atom stereocenters. The van der Waals surface area contributed by atoms with Gasteiger partial charge in [0.2, 0.25) is 0 Å². The van der Waals surface area contributed by atoms with Crippen LogP contribution in [0.3, 0.4) is 0 Å². The second kappa shape index (κ2) is 6.65. The molecule has 1 heterocycles. The van der Waals surface area contributed by atoms with Gasteiger partial charge in [-0.05, 0) is 29.8 Å². The number of benzene rings is 1.